The number of benzene rings is 2. The molecule has 0 bridgehead atoms. The van der Waals surface area contributed by atoms with Gasteiger partial charge in [0.2, 0.25) is 0 Å². The number of hydrogen-bond acceptors (Lipinski definition) is 1. The Morgan fingerprint density at radius 3 is 1.78 bits per heavy atom. The zero-order valence-corrected chi connectivity index (χ0v) is 10.9. The maximum atomic E-state index is 2.47. The summed E-state index contributed by atoms with van der Waals surface area (Å²) in [6, 6.07) is 17.7. The van der Waals surface area contributed by atoms with E-state index in [0.29, 0.717) is 0 Å². The number of rotatable bonds is 2. The summed E-state index contributed by atoms with van der Waals surface area (Å²) in [7, 11) is 0. The molecule has 1 heteroatoms. The molecule has 0 amide bonds. The fourth-order valence-electron chi connectivity index (χ4n) is 2.59. The summed E-state index contributed by atoms with van der Waals surface area (Å²) in [4.78, 5) is 2.47. The monoisotopic (exact) mass is 237 g/mol. The molecule has 1 fully saturated rings. The normalized spacial score (nSPS) is 15.1. The lowest BCUT2D eigenvalue weighted by atomic mass is 10.0. The minimum Gasteiger partial charge on any atom is -0.372 e. The molecule has 0 radical (unpaired) electrons. The Kier molecular flexibility index (Phi) is 3.06. The molecule has 0 spiro atoms. The van der Waals surface area contributed by atoms with Crippen LogP contribution < -0.4 is 4.90 Å². The summed E-state index contributed by atoms with van der Waals surface area (Å²) >= 11 is 0. The van der Waals surface area contributed by atoms with Crippen LogP contribution in [0.1, 0.15) is 18.4 Å². The van der Waals surface area contributed by atoms with Crippen LogP contribution in [0.15, 0.2) is 48.5 Å². The zero-order chi connectivity index (χ0) is 12.4. The number of aryl methyl sites for hydroxylation is 1. The summed E-state index contributed by atoms with van der Waals surface area (Å²) in [6.45, 7) is 4.55. The molecule has 1 saturated heterocycles. The Balaban J connectivity index is 1.84. The van der Waals surface area contributed by atoms with Crippen molar-refractivity contribution < 1.29 is 0 Å². The molecule has 0 unspecified atom stereocenters. The molecule has 2 aromatic rings. The first kappa shape index (κ1) is 11.3. The Morgan fingerprint density at radius 1 is 0.722 bits per heavy atom. The van der Waals surface area contributed by atoms with E-state index in [-0.39, 0.29) is 0 Å². The highest BCUT2D eigenvalue weighted by atomic mass is 15.1. The highest BCUT2D eigenvalue weighted by Gasteiger charge is 2.11. The van der Waals surface area contributed by atoms with Crippen molar-refractivity contribution in [1.29, 1.82) is 0 Å². The summed E-state index contributed by atoms with van der Waals surface area (Å²) in [5.74, 6) is 0. The molecule has 0 atom stereocenters. The van der Waals surface area contributed by atoms with Gasteiger partial charge in [-0.15, -0.1) is 0 Å². The average Bonchev–Trinajstić information content (AvgIpc) is 2.94. The van der Waals surface area contributed by atoms with Gasteiger partial charge in [0.05, 0.1) is 0 Å². The molecular formula is C17H19N. The lowest BCUT2D eigenvalue weighted by Crippen LogP contribution is -2.17. The predicted octanol–water partition coefficient (Wildman–Crippen LogP) is 4.26. The lowest BCUT2D eigenvalue weighted by molar-refractivity contribution is 0.949. The molecule has 1 heterocycles. The van der Waals surface area contributed by atoms with Crippen LogP contribution in [0.5, 0.6) is 0 Å². The van der Waals surface area contributed by atoms with E-state index in [4.69, 9.17) is 0 Å². The summed E-state index contributed by atoms with van der Waals surface area (Å²) in [5, 5.41) is 0. The third kappa shape index (κ3) is 2.26. The van der Waals surface area contributed by atoms with E-state index >= 15 is 0 Å². The van der Waals surface area contributed by atoms with E-state index < -0.39 is 0 Å². The fraction of sp³-hybridized carbons (Fsp3) is 0.294. The zero-order valence-electron chi connectivity index (χ0n) is 10.9. The van der Waals surface area contributed by atoms with Gasteiger partial charge in [0, 0.05) is 18.8 Å². The third-order valence-electron chi connectivity index (χ3n) is 3.72. The van der Waals surface area contributed by atoms with Gasteiger partial charge in [-0.2, -0.15) is 0 Å². The van der Waals surface area contributed by atoms with Gasteiger partial charge >= 0.3 is 0 Å². The molecule has 18 heavy (non-hydrogen) atoms. The molecule has 1 aliphatic heterocycles. The smallest absolute Gasteiger partial charge is 0.0366 e. The molecule has 1 nitrogen and oxygen atoms in total. The summed E-state index contributed by atoms with van der Waals surface area (Å²) < 4.78 is 0. The number of hydrogen-bond donors (Lipinski definition) is 0. The van der Waals surface area contributed by atoms with Gasteiger partial charge in [-0.1, -0.05) is 42.0 Å². The second-order valence-corrected chi connectivity index (χ2v) is 5.11. The predicted molar refractivity (Wildman–Crippen MR) is 78.1 cm³/mol. The van der Waals surface area contributed by atoms with Crippen molar-refractivity contribution >= 4 is 5.69 Å². The van der Waals surface area contributed by atoms with Crippen LogP contribution in [0, 0.1) is 6.92 Å². The Morgan fingerprint density at radius 2 is 1.22 bits per heavy atom. The van der Waals surface area contributed by atoms with Crippen molar-refractivity contribution in [3.63, 3.8) is 0 Å². The molecular weight excluding hydrogens is 218 g/mol. The van der Waals surface area contributed by atoms with E-state index in [0.717, 1.165) is 0 Å². The third-order valence-corrected chi connectivity index (χ3v) is 3.72. The van der Waals surface area contributed by atoms with Gasteiger partial charge in [0.15, 0.2) is 0 Å². The highest BCUT2D eigenvalue weighted by Crippen LogP contribution is 2.25. The molecule has 0 aliphatic carbocycles. The first-order valence-corrected chi connectivity index (χ1v) is 6.75. The van der Waals surface area contributed by atoms with Gasteiger partial charge in [-0.25, -0.2) is 0 Å². The molecule has 0 saturated carbocycles. The maximum Gasteiger partial charge on any atom is 0.0366 e. The van der Waals surface area contributed by atoms with Crippen LogP contribution in [-0.2, 0) is 0 Å². The van der Waals surface area contributed by atoms with Crippen molar-refractivity contribution in [2.75, 3.05) is 18.0 Å². The van der Waals surface area contributed by atoms with Gasteiger partial charge in [0.1, 0.15) is 0 Å². The van der Waals surface area contributed by atoms with Crippen LogP contribution in [0.2, 0.25) is 0 Å². The summed E-state index contributed by atoms with van der Waals surface area (Å²) in [5.41, 5.74) is 5.28. The molecule has 0 aromatic heterocycles. The standard InChI is InChI=1S/C17H19N/c1-14-4-6-15(7-5-14)16-8-10-17(11-9-16)18-12-2-3-13-18/h4-11H,2-3,12-13H2,1H3. The van der Waals surface area contributed by atoms with Crippen LogP contribution in [0.3, 0.4) is 0 Å². The Labute approximate surface area is 109 Å². The second kappa shape index (κ2) is 4.85. The minimum atomic E-state index is 1.21. The SMILES string of the molecule is Cc1ccc(-c2ccc(N3CCCC3)cc2)cc1. The first-order valence-electron chi connectivity index (χ1n) is 6.75. The fourth-order valence-corrected chi connectivity index (χ4v) is 2.59. The van der Waals surface area contributed by atoms with E-state index in [9.17, 15) is 0 Å². The molecule has 2 aromatic carbocycles. The highest BCUT2D eigenvalue weighted by molar-refractivity contribution is 5.66. The topological polar surface area (TPSA) is 3.24 Å². The van der Waals surface area contributed by atoms with Crippen LogP contribution in [-0.4, -0.2) is 13.1 Å². The quantitative estimate of drug-likeness (QED) is 0.754. The van der Waals surface area contributed by atoms with Crippen molar-refractivity contribution in [2.24, 2.45) is 0 Å². The average molecular weight is 237 g/mol. The van der Waals surface area contributed by atoms with Crippen molar-refractivity contribution in [3.05, 3.63) is 54.1 Å². The number of nitrogens with zero attached hydrogens (tertiary/aromatic N) is 1. The molecule has 1 aliphatic rings. The van der Waals surface area contributed by atoms with Crippen molar-refractivity contribution in [2.45, 2.75) is 19.8 Å². The van der Waals surface area contributed by atoms with E-state index in [1.807, 2.05) is 0 Å². The van der Waals surface area contributed by atoms with Gasteiger partial charge < -0.3 is 4.90 Å². The van der Waals surface area contributed by atoms with Crippen LogP contribution in [0.4, 0.5) is 5.69 Å². The first-order chi connectivity index (χ1) is 8.83. The van der Waals surface area contributed by atoms with Crippen LogP contribution >= 0.6 is 0 Å². The molecule has 92 valence electrons. The van der Waals surface area contributed by atoms with Crippen LogP contribution in [0.25, 0.3) is 11.1 Å². The molecule has 3 rings (SSSR count). The minimum absolute atomic E-state index is 1.21. The van der Waals surface area contributed by atoms with E-state index in [2.05, 4.69) is 60.4 Å². The largest absolute Gasteiger partial charge is 0.372 e. The lowest BCUT2D eigenvalue weighted by Gasteiger charge is -2.17. The van der Waals surface area contributed by atoms with Gasteiger partial charge in [-0.3, -0.25) is 0 Å². The summed E-state index contributed by atoms with van der Waals surface area (Å²) in [6.07, 6.45) is 2.67. The van der Waals surface area contributed by atoms with E-state index in [1.54, 1.807) is 0 Å². The van der Waals surface area contributed by atoms with Crippen molar-refractivity contribution in [3.8, 4) is 11.1 Å². The Bertz CT molecular complexity index is 504. The van der Waals surface area contributed by atoms with E-state index in [1.165, 1.54) is 48.3 Å². The Hall–Kier alpha value is -1.76. The van der Waals surface area contributed by atoms with Gasteiger partial charge in [0.25, 0.3) is 0 Å². The second-order valence-electron chi connectivity index (χ2n) is 5.11. The van der Waals surface area contributed by atoms with Crippen molar-refractivity contribution in [1.82, 2.24) is 0 Å². The molecule has 0 N–H and O–H groups in total. The van der Waals surface area contributed by atoms with Gasteiger partial charge in [-0.05, 0) is 43.0 Å². The maximum absolute atomic E-state index is 2.47. The number of anilines is 1.